The quantitative estimate of drug-likeness (QED) is 0.671. The number of halogens is 3. The van der Waals surface area contributed by atoms with Gasteiger partial charge in [0, 0.05) is 12.1 Å². The predicted molar refractivity (Wildman–Crippen MR) is 98.0 cm³/mol. The molecular formula is C19H17F3N4O3. The number of carbonyl (C=O) groups is 1. The maximum Gasteiger partial charge on any atom is 0.410 e. The van der Waals surface area contributed by atoms with E-state index in [9.17, 15) is 18.0 Å². The number of methoxy groups -OCH3 is 1. The standard InChI is InChI=1S/C19H17F3N4O3/c1-28-12-6-4-11(5-7-12)24-18(27)13-10-23-26-16(19(20,21)22)9-14(25-17(13)26)15-3-2-8-29-15/h2-8,10,14,16,25H,9H2,1H3,(H,24,27)/t14-,16+/m0/s1. The van der Waals surface area contributed by atoms with Crippen LogP contribution in [-0.4, -0.2) is 29.0 Å². The molecule has 2 N–H and O–H groups in total. The highest BCUT2D eigenvalue weighted by Crippen LogP contribution is 2.44. The second kappa shape index (κ2) is 7.19. The van der Waals surface area contributed by atoms with Gasteiger partial charge in [-0.2, -0.15) is 18.3 Å². The first kappa shape index (κ1) is 18.9. The van der Waals surface area contributed by atoms with Crippen LogP contribution < -0.4 is 15.4 Å². The van der Waals surface area contributed by atoms with E-state index >= 15 is 0 Å². The van der Waals surface area contributed by atoms with Crippen molar-refractivity contribution in [1.82, 2.24) is 9.78 Å². The van der Waals surface area contributed by atoms with Crippen LogP contribution in [0.3, 0.4) is 0 Å². The summed E-state index contributed by atoms with van der Waals surface area (Å²) in [5, 5.41) is 9.45. The Morgan fingerprint density at radius 1 is 1.31 bits per heavy atom. The first-order chi connectivity index (χ1) is 13.9. The van der Waals surface area contributed by atoms with Crippen molar-refractivity contribution in [2.24, 2.45) is 0 Å². The Morgan fingerprint density at radius 3 is 2.69 bits per heavy atom. The van der Waals surface area contributed by atoms with Crippen LogP contribution in [0, 0.1) is 0 Å². The molecular weight excluding hydrogens is 389 g/mol. The number of amides is 1. The number of nitrogens with one attached hydrogen (secondary N) is 2. The van der Waals surface area contributed by atoms with Crippen LogP contribution in [0.2, 0.25) is 0 Å². The molecule has 0 bridgehead atoms. The number of furan rings is 1. The van der Waals surface area contributed by atoms with Gasteiger partial charge in [0.25, 0.3) is 5.91 Å². The number of ether oxygens (including phenoxy) is 1. The first-order valence-corrected chi connectivity index (χ1v) is 8.76. The number of benzene rings is 1. The van der Waals surface area contributed by atoms with Crippen molar-refractivity contribution >= 4 is 17.4 Å². The average molecular weight is 406 g/mol. The van der Waals surface area contributed by atoms with E-state index < -0.39 is 24.2 Å². The summed E-state index contributed by atoms with van der Waals surface area (Å²) in [6.07, 6.45) is -2.31. The fraction of sp³-hybridized carbons (Fsp3) is 0.263. The van der Waals surface area contributed by atoms with Gasteiger partial charge in [-0.25, -0.2) is 4.68 Å². The van der Waals surface area contributed by atoms with Gasteiger partial charge in [0.15, 0.2) is 6.04 Å². The van der Waals surface area contributed by atoms with Gasteiger partial charge in [0.2, 0.25) is 0 Å². The maximum atomic E-state index is 13.6. The lowest BCUT2D eigenvalue weighted by Crippen LogP contribution is -2.36. The molecule has 0 fully saturated rings. The van der Waals surface area contributed by atoms with E-state index in [0.29, 0.717) is 17.2 Å². The highest BCUT2D eigenvalue weighted by Gasteiger charge is 2.47. The summed E-state index contributed by atoms with van der Waals surface area (Å²) in [5.74, 6) is 0.381. The molecule has 4 rings (SSSR count). The number of rotatable bonds is 4. The molecule has 0 spiro atoms. The third-order valence-electron chi connectivity index (χ3n) is 4.72. The molecule has 0 aliphatic carbocycles. The minimum Gasteiger partial charge on any atom is -0.497 e. The summed E-state index contributed by atoms with van der Waals surface area (Å²) in [6, 6.07) is 7.15. The summed E-state index contributed by atoms with van der Waals surface area (Å²) in [4.78, 5) is 12.7. The van der Waals surface area contributed by atoms with Crippen LogP contribution in [0.1, 0.15) is 34.6 Å². The Kier molecular flexibility index (Phi) is 4.69. The van der Waals surface area contributed by atoms with Crippen molar-refractivity contribution in [2.45, 2.75) is 24.7 Å². The first-order valence-electron chi connectivity index (χ1n) is 8.76. The monoisotopic (exact) mass is 406 g/mol. The molecule has 0 radical (unpaired) electrons. The molecule has 0 unspecified atom stereocenters. The molecule has 2 atom stereocenters. The van der Waals surface area contributed by atoms with Crippen LogP contribution >= 0.6 is 0 Å². The van der Waals surface area contributed by atoms with E-state index in [2.05, 4.69) is 15.7 Å². The number of alkyl halides is 3. The van der Waals surface area contributed by atoms with Crippen LogP contribution in [0.25, 0.3) is 0 Å². The van der Waals surface area contributed by atoms with Gasteiger partial charge in [-0.3, -0.25) is 4.79 Å². The molecule has 0 saturated carbocycles. The summed E-state index contributed by atoms with van der Waals surface area (Å²) in [7, 11) is 1.52. The lowest BCUT2D eigenvalue weighted by atomic mass is 10.0. The zero-order valence-corrected chi connectivity index (χ0v) is 15.2. The fourth-order valence-corrected chi connectivity index (χ4v) is 3.28. The Bertz CT molecular complexity index is 997. The van der Waals surface area contributed by atoms with Gasteiger partial charge in [-0.15, -0.1) is 0 Å². The van der Waals surface area contributed by atoms with E-state index in [1.807, 2.05) is 0 Å². The van der Waals surface area contributed by atoms with Gasteiger partial charge in [-0.05, 0) is 36.4 Å². The molecule has 3 aromatic rings. The molecule has 1 aliphatic heterocycles. The molecule has 10 heteroatoms. The van der Waals surface area contributed by atoms with E-state index in [-0.39, 0.29) is 17.8 Å². The minimum atomic E-state index is -4.53. The van der Waals surface area contributed by atoms with E-state index in [1.165, 1.54) is 13.4 Å². The van der Waals surface area contributed by atoms with Crippen molar-refractivity contribution in [3.63, 3.8) is 0 Å². The number of hydrogen-bond donors (Lipinski definition) is 2. The van der Waals surface area contributed by atoms with Gasteiger partial charge in [-0.1, -0.05) is 0 Å². The minimum absolute atomic E-state index is 0.00586. The van der Waals surface area contributed by atoms with Crippen LogP contribution in [-0.2, 0) is 0 Å². The lowest BCUT2D eigenvalue weighted by molar-refractivity contribution is -0.174. The van der Waals surface area contributed by atoms with E-state index in [0.717, 1.165) is 10.9 Å². The van der Waals surface area contributed by atoms with E-state index in [1.54, 1.807) is 36.4 Å². The molecule has 152 valence electrons. The Labute approximate surface area is 163 Å². The SMILES string of the molecule is COc1ccc(NC(=O)c2cnn3c2N[C@H](c2ccco2)C[C@@H]3C(F)(F)F)cc1. The smallest absolute Gasteiger partial charge is 0.410 e. The number of carbonyl (C=O) groups excluding carboxylic acids is 1. The number of nitrogens with zero attached hydrogens (tertiary/aromatic N) is 2. The second-order valence-electron chi connectivity index (χ2n) is 6.54. The zero-order chi connectivity index (χ0) is 20.6. The van der Waals surface area contributed by atoms with Crippen molar-refractivity contribution in [2.75, 3.05) is 17.7 Å². The normalized spacial score (nSPS) is 18.6. The van der Waals surface area contributed by atoms with Crippen molar-refractivity contribution < 1.29 is 27.1 Å². The molecule has 0 saturated heterocycles. The number of anilines is 2. The summed E-state index contributed by atoms with van der Waals surface area (Å²) < 4.78 is 52.0. The fourth-order valence-electron chi connectivity index (χ4n) is 3.28. The summed E-state index contributed by atoms with van der Waals surface area (Å²) in [5.41, 5.74) is 0.479. The predicted octanol–water partition coefficient (Wildman–Crippen LogP) is 4.40. The van der Waals surface area contributed by atoms with E-state index in [4.69, 9.17) is 9.15 Å². The van der Waals surface area contributed by atoms with Crippen molar-refractivity contribution in [1.29, 1.82) is 0 Å². The average Bonchev–Trinajstić information content (AvgIpc) is 3.37. The highest BCUT2D eigenvalue weighted by atomic mass is 19.4. The molecule has 1 amide bonds. The van der Waals surface area contributed by atoms with Gasteiger partial charge in [0.05, 0.1) is 25.6 Å². The highest BCUT2D eigenvalue weighted by molar-refractivity contribution is 6.07. The Balaban J connectivity index is 1.64. The maximum absolute atomic E-state index is 13.6. The lowest BCUT2D eigenvalue weighted by Gasteiger charge is -2.32. The number of hydrogen-bond acceptors (Lipinski definition) is 5. The van der Waals surface area contributed by atoms with Crippen LogP contribution in [0.5, 0.6) is 5.75 Å². The molecule has 1 aromatic carbocycles. The summed E-state index contributed by atoms with van der Waals surface area (Å²) in [6.45, 7) is 0. The molecule has 29 heavy (non-hydrogen) atoms. The molecule has 3 heterocycles. The Morgan fingerprint density at radius 2 is 2.07 bits per heavy atom. The Hall–Kier alpha value is -3.43. The topological polar surface area (TPSA) is 81.3 Å². The third-order valence-corrected chi connectivity index (χ3v) is 4.72. The molecule has 2 aromatic heterocycles. The van der Waals surface area contributed by atoms with Crippen LogP contribution in [0.4, 0.5) is 24.7 Å². The van der Waals surface area contributed by atoms with Gasteiger partial charge in [0.1, 0.15) is 22.9 Å². The molecule has 1 aliphatic rings. The second-order valence-corrected chi connectivity index (χ2v) is 6.54. The van der Waals surface area contributed by atoms with Gasteiger partial charge >= 0.3 is 6.18 Å². The van der Waals surface area contributed by atoms with Crippen molar-refractivity contribution in [3.05, 3.63) is 60.2 Å². The zero-order valence-electron chi connectivity index (χ0n) is 15.2. The third kappa shape index (κ3) is 3.65. The van der Waals surface area contributed by atoms with Crippen molar-refractivity contribution in [3.8, 4) is 5.75 Å². The number of aromatic nitrogens is 2. The molecule has 7 nitrogen and oxygen atoms in total. The number of fused-ring (bicyclic) bond motifs is 1. The largest absolute Gasteiger partial charge is 0.497 e. The summed E-state index contributed by atoms with van der Waals surface area (Å²) >= 11 is 0. The van der Waals surface area contributed by atoms with Crippen LogP contribution in [0.15, 0.2) is 53.3 Å². The van der Waals surface area contributed by atoms with Gasteiger partial charge < -0.3 is 19.8 Å².